The summed E-state index contributed by atoms with van der Waals surface area (Å²) in [6.07, 6.45) is -3.80. The minimum absolute atomic E-state index is 0.542. The Morgan fingerprint density at radius 2 is 1.77 bits per heavy atom. The molecule has 0 bridgehead atoms. The van der Waals surface area contributed by atoms with Gasteiger partial charge in [0, 0.05) is 44.5 Å². The molecule has 5 N–H and O–H groups in total. The SMILES string of the molecule is CN1CCN(Cc2ccc(C3(N)N=C(N)C(C(F)(F)F)=CN3)cc2)CC1. The zero-order chi connectivity index (χ0) is 18.9. The number of alkyl halides is 3. The summed E-state index contributed by atoms with van der Waals surface area (Å²) in [6.45, 7) is 4.91. The molecule has 3 rings (SSSR count). The number of benzene rings is 1. The van der Waals surface area contributed by atoms with Crippen molar-refractivity contribution in [2.75, 3.05) is 33.2 Å². The summed E-state index contributed by atoms with van der Waals surface area (Å²) in [5.41, 5.74) is 12.2. The smallest absolute Gasteiger partial charge is 0.383 e. The molecule has 2 heterocycles. The zero-order valence-corrected chi connectivity index (χ0v) is 14.6. The molecule has 9 heteroatoms. The number of amidine groups is 1. The van der Waals surface area contributed by atoms with E-state index in [1.165, 1.54) is 0 Å². The minimum atomic E-state index is -4.58. The first-order valence-electron chi connectivity index (χ1n) is 8.37. The van der Waals surface area contributed by atoms with Crippen molar-refractivity contribution < 1.29 is 13.2 Å². The van der Waals surface area contributed by atoms with E-state index in [1.807, 2.05) is 12.1 Å². The Hall–Kier alpha value is -2.10. The Morgan fingerprint density at radius 1 is 1.15 bits per heavy atom. The summed E-state index contributed by atoms with van der Waals surface area (Å²) in [5.74, 6) is -2.13. The van der Waals surface area contributed by atoms with Crippen LogP contribution in [0.3, 0.4) is 0 Å². The number of hydrogen-bond donors (Lipinski definition) is 3. The number of nitrogens with zero attached hydrogens (tertiary/aromatic N) is 3. The molecule has 1 aromatic carbocycles. The molecule has 6 nitrogen and oxygen atoms in total. The zero-order valence-electron chi connectivity index (χ0n) is 14.6. The molecule has 142 valence electrons. The second kappa shape index (κ2) is 6.90. The first kappa shape index (κ1) is 18.7. The van der Waals surface area contributed by atoms with E-state index in [1.54, 1.807) is 12.1 Å². The van der Waals surface area contributed by atoms with E-state index in [-0.39, 0.29) is 0 Å². The molecule has 1 atom stereocenters. The molecule has 26 heavy (non-hydrogen) atoms. The fourth-order valence-electron chi connectivity index (χ4n) is 3.04. The predicted molar refractivity (Wildman–Crippen MR) is 94.0 cm³/mol. The van der Waals surface area contributed by atoms with Crippen molar-refractivity contribution in [1.29, 1.82) is 0 Å². The molecule has 2 aliphatic rings. The molecule has 1 saturated heterocycles. The van der Waals surface area contributed by atoms with Crippen LogP contribution in [0.5, 0.6) is 0 Å². The van der Waals surface area contributed by atoms with Gasteiger partial charge >= 0.3 is 6.18 Å². The molecule has 1 aromatic rings. The van der Waals surface area contributed by atoms with Crippen LogP contribution in [0.2, 0.25) is 0 Å². The molecular weight excluding hydrogens is 345 g/mol. The summed E-state index contributed by atoms with van der Waals surface area (Å²) in [6, 6.07) is 7.36. The summed E-state index contributed by atoms with van der Waals surface area (Å²) in [7, 11) is 2.11. The summed E-state index contributed by atoms with van der Waals surface area (Å²) in [5, 5.41) is 2.52. The van der Waals surface area contributed by atoms with Crippen molar-refractivity contribution in [1.82, 2.24) is 15.1 Å². The molecule has 0 spiro atoms. The minimum Gasteiger partial charge on any atom is -0.383 e. The number of nitrogens with two attached hydrogens (primary N) is 2. The Balaban J connectivity index is 1.70. The Labute approximate surface area is 150 Å². The van der Waals surface area contributed by atoms with Gasteiger partial charge in [-0.05, 0) is 12.6 Å². The van der Waals surface area contributed by atoms with Gasteiger partial charge in [-0.3, -0.25) is 10.6 Å². The molecule has 1 fully saturated rings. The lowest BCUT2D eigenvalue weighted by Crippen LogP contribution is -2.51. The van der Waals surface area contributed by atoms with Crippen LogP contribution in [0.25, 0.3) is 0 Å². The highest BCUT2D eigenvalue weighted by molar-refractivity contribution is 5.99. The lowest BCUT2D eigenvalue weighted by atomic mass is 10.0. The second-order valence-electron chi connectivity index (χ2n) is 6.74. The first-order valence-corrected chi connectivity index (χ1v) is 8.37. The van der Waals surface area contributed by atoms with Gasteiger partial charge in [0.25, 0.3) is 0 Å². The molecule has 1 unspecified atom stereocenters. The Morgan fingerprint density at radius 3 is 2.31 bits per heavy atom. The van der Waals surface area contributed by atoms with Crippen molar-refractivity contribution in [2.24, 2.45) is 16.5 Å². The van der Waals surface area contributed by atoms with Crippen LogP contribution in [-0.4, -0.2) is 55.0 Å². The monoisotopic (exact) mass is 368 g/mol. The Kier molecular flexibility index (Phi) is 4.96. The van der Waals surface area contributed by atoms with E-state index < -0.39 is 23.4 Å². The van der Waals surface area contributed by atoms with Crippen molar-refractivity contribution >= 4 is 5.84 Å². The number of halogens is 3. The maximum absolute atomic E-state index is 12.8. The van der Waals surface area contributed by atoms with Crippen LogP contribution < -0.4 is 16.8 Å². The number of piperazine rings is 1. The van der Waals surface area contributed by atoms with Crippen LogP contribution in [0, 0.1) is 0 Å². The topological polar surface area (TPSA) is 82.9 Å². The summed E-state index contributed by atoms with van der Waals surface area (Å²) in [4.78, 5) is 8.49. The van der Waals surface area contributed by atoms with Crippen LogP contribution in [0.1, 0.15) is 11.1 Å². The maximum atomic E-state index is 12.8. The third-order valence-electron chi connectivity index (χ3n) is 4.71. The lowest BCUT2D eigenvalue weighted by molar-refractivity contribution is -0.0870. The van der Waals surface area contributed by atoms with E-state index in [9.17, 15) is 13.2 Å². The van der Waals surface area contributed by atoms with Gasteiger partial charge in [-0.2, -0.15) is 13.2 Å². The van der Waals surface area contributed by atoms with Crippen molar-refractivity contribution in [3.8, 4) is 0 Å². The van der Waals surface area contributed by atoms with E-state index >= 15 is 0 Å². The molecule has 0 amide bonds. The van der Waals surface area contributed by atoms with Gasteiger partial charge < -0.3 is 16.0 Å². The average Bonchev–Trinajstić information content (AvgIpc) is 2.56. The number of hydrogen-bond acceptors (Lipinski definition) is 6. The molecule has 0 aromatic heterocycles. The third-order valence-corrected chi connectivity index (χ3v) is 4.71. The molecule has 0 aliphatic carbocycles. The van der Waals surface area contributed by atoms with Gasteiger partial charge in [-0.1, -0.05) is 24.3 Å². The number of rotatable bonds is 3. The number of likely N-dealkylation sites (N-methyl/N-ethyl adjacent to an activating group) is 1. The standard InChI is InChI=1S/C17H23F3N6/c1-25-6-8-26(9-7-25)11-12-2-4-13(5-3-12)17(22)23-10-14(15(21)24-17)16(18,19)20/h2-5,10,23H,6-9,11,22H2,1H3,(H2,21,24). The van der Waals surface area contributed by atoms with Crippen molar-refractivity contribution in [2.45, 2.75) is 18.5 Å². The predicted octanol–water partition coefficient (Wildman–Crippen LogP) is 0.910. The number of aliphatic imine (C=N–C) groups is 1. The third kappa shape index (κ3) is 4.00. The summed E-state index contributed by atoms with van der Waals surface area (Å²) >= 11 is 0. The Bertz CT molecular complexity index is 704. The van der Waals surface area contributed by atoms with Crippen LogP contribution in [-0.2, 0) is 12.3 Å². The van der Waals surface area contributed by atoms with Gasteiger partial charge in [0.05, 0.1) is 0 Å². The van der Waals surface area contributed by atoms with Crippen LogP contribution in [0.15, 0.2) is 41.0 Å². The quantitative estimate of drug-likeness (QED) is 0.739. The normalized spacial score (nSPS) is 25.4. The molecule has 0 radical (unpaired) electrons. The fourth-order valence-corrected chi connectivity index (χ4v) is 3.04. The second-order valence-corrected chi connectivity index (χ2v) is 6.74. The summed E-state index contributed by atoms with van der Waals surface area (Å²) < 4.78 is 38.5. The molecular formula is C17H23F3N6. The van der Waals surface area contributed by atoms with E-state index in [0.29, 0.717) is 5.56 Å². The van der Waals surface area contributed by atoms with Gasteiger partial charge in [-0.15, -0.1) is 0 Å². The van der Waals surface area contributed by atoms with E-state index in [4.69, 9.17) is 11.5 Å². The highest BCUT2D eigenvalue weighted by atomic mass is 19.4. The van der Waals surface area contributed by atoms with E-state index in [2.05, 4.69) is 27.2 Å². The van der Waals surface area contributed by atoms with E-state index in [0.717, 1.165) is 44.5 Å². The fraction of sp³-hybridized carbons (Fsp3) is 0.471. The van der Waals surface area contributed by atoms with Crippen LogP contribution in [0.4, 0.5) is 13.2 Å². The average molecular weight is 368 g/mol. The highest BCUT2D eigenvalue weighted by Gasteiger charge is 2.41. The maximum Gasteiger partial charge on any atom is 0.421 e. The molecule has 2 aliphatic heterocycles. The first-order chi connectivity index (χ1) is 12.2. The highest BCUT2D eigenvalue weighted by Crippen LogP contribution is 2.30. The van der Waals surface area contributed by atoms with Gasteiger partial charge in [0.1, 0.15) is 11.4 Å². The van der Waals surface area contributed by atoms with Crippen LogP contribution >= 0.6 is 0 Å². The largest absolute Gasteiger partial charge is 0.421 e. The lowest BCUT2D eigenvalue weighted by Gasteiger charge is -2.33. The van der Waals surface area contributed by atoms with Crippen molar-refractivity contribution in [3.05, 3.63) is 47.2 Å². The van der Waals surface area contributed by atoms with Crippen molar-refractivity contribution in [3.63, 3.8) is 0 Å². The van der Waals surface area contributed by atoms with Gasteiger partial charge in [0.2, 0.25) is 5.79 Å². The number of nitrogens with one attached hydrogen (secondary N) is 1. The van der Waals surface area contributed by atoms with Gasteiger partial charge in [0.15, 0.2) is 0 Å². The molecule has 0 saturated carbocycles. The van der Waals surface area contributed by atoms with Gasteiger partial charge in [-0.25, -0.2) is 4.99 Å².